The molecule has 2 aromatic rings. The zero-order valence-electron chi connectivity index (χ0n) is 14.0. The van der Waals surface area contributed by atoms with Gasteiger partial charge in [0.2, 0.25) is 0 Å². The largest absolute Gasteiger partial charge is 0.459 e. The van der Waals surface area contributed by atoms with Crippen LogP contribution in [0.15, 0.2) is 28.9 Å². The Morgan fingerprint density at radius 1 is 1.38 bits per heavy atom. The fourth-order valence-corrected chi connectivity index (χ4v) is 4.04. The van der Waals surface area contributed by atoms with Gasteiger partial charge in [0.25, 0.3) is 11.8 Å². The molecular formula is C18H22N2O3S. The summed E-state index contributed by atoms with van der Waals surface area (Å²) in [6.07, 6.45) is 4.00. The van der Waals surface area contributed by atoms with Crippen LogP contribution in [0.4, 0.5) is 0 Å². The van der Waals surface area contributed by atoms with Crippen molar-refractivity contribution in [2.75, 3.05) is 13.1 Å². The molecule has 1 aliphatic rings. The molecule has 0 unspecified atom stereocenters. The summed E-state index contributed by atoms with van der Waals surface area (Å²) in [6.45, 7) is 5.42. The van der Waals surface area contributed by atoms with Crippen LogP contribution in [0.1, 0.15) is 50.4 Å². The van der Waals surface area contributed by atoms with Gasteiger partial charge in [-0.1, -0.05) is 6.92 Å². The second-order valence-corrected chi connectivity index (χ2v) is 7.22. The van der Waals surface area contributed by atoms with Gasteiger partial charge in [0.05, 0.1) is 11.1 Å². The predicted molar refractivity (Wildman–Crippen MR) is 93.5 cm³/mol. The Hall–Kier alpha value is -2.08. The number of aryl methyl sites for hydroxylation is 2. The molecule has 2 aromatic heterocycles. The van der Waals surface area contributed by atoms with E-state index >= 15 is 0 Å². The average Bonchev–Trinajstić information content (AvgIpc) is 3.24. The fourth-order valence-electron chi connectivity index (χ4n) is 3.02. The number of thiophene rings is 1. The lowest BCUT2D eigenvalue weighted by atomic mass is 10.0. The van der Waals surface area contributed by atoms with Crippen molar-refractivity contribution in [3.8, 4) is 0 Å². The maximum Gasteiger partial charge on any atom is 0.289 e. The average molecular weight is 346 g/mol. The fraction of sp³-hybridized carbons (Fsp3) is 0.444. The number of nitrogens with zero attached hydrogens (tertiary/aromatic N) is 1. The van der Waals surface area contributed by atoms with Crippen molar-refractivity contribution in [1.29, 1.82) is 0 Å². The van der Waals surface area contributed by atoms with Crippen LogP contribution in [-0.4, -0.2) is 35.8 Å². The molecule has 6 heteroatoms. The quantitative estimate of drug-likeness (QED) is 0.924. The number of likely N-dealkylation sites (tertiary alicyclic amines) is 1. The highest BCUT2D eigenvalue weighted by Gasteiger charge is 2.26. The maximum absolute atomic E-state index is 12.4. The number of furan rings is 1. The van der Waals surface area contributed by atoms with E-state index in [1.54, 1.807) is 28.4 Å². The van der Waals surface area contributed by atoms with Gasteiger partial charge in [-0.15, -0.1) is 11.3 Å². The van der Waals surface area contributed by atoms with E-state index in [-0.39, 0.29) is 17.9 Å². The number of piperidine rings is 1. The summed E-state index contributed by atoms with van der Waals surface area (Å²) in [5, 5.41) is 3.10. The van der Waals surface area contributed by atoms with Crippen LogP contribution in [-0.2, 0) is 6.42 Å². The number of nitrogens with one attached hydrogen (secondary N) is 1. The van der Waals surface area contributed by atoms with Crippen LogP contribution in [0.25, 0.3) is 0 Å². The molecule has 0 bridgehead atoms. The third kappa shape index (κ3) is 3.53. The van der Waals surface area contributed by atoms with Gasteiger partial charge < -0.3 is 14.6 Å². The summed E-state index contributed by atoms with van der Waals surface area (Å²) in [4.78, 5) is 28.5. The Balaban J connectivity index is 1.53. The van der Waals surface area contributed by atoms with E-state index < -0.39 is 0 Å². The van der Waals surface area contributed by atoms with E-state index in [4.69, 9.17) is 4.42 Å². The summed E-state index contributed by atoms with van der Waals surface area (Å²) in [5.74, 6) is 0.295. The molecular weight excluding hydrogens is 324 g/mol. The summed E-state index contributed by atoms with van der Waals surface area (Å²) in [7, 11) is 0. The van der Waals surface area contributed by atoms with Crippen LogP contribution in [0.3, 0.4) is 0 Å². The lowest BCUT2D eigenvalue weighted by Crippen LogP contribution is -2.46. The zero-order valence-corrected chi connectivity index (χ0v) is 14.8. The van der Waals surface area contributed by atoms with E-state index in [2.05, 4.69) is 12.2 Å². The number of rotatable bonds is 4. The monoisotopic (exact) mass is 346 g/mol. The number of carbonyl (C=O) groups is 2. The van der Waals surface area contributed by atoms with E-state index in [9.17, 15) is 9.59 Å². The second-order valence-electron chi connectivity index (χ2n) is 6.09. The van der Waals surface area contributed by atoms with Gasteiger partial charge in [-0.2, -0.15) is 0 Å². The Morgan fingerprint density at radius 2 is 2.12 bits per heavy atom. The lowest BCUT2D eigenvalue weighted by molar-refractivity contribution is 0.0667. The van der Waals surface area contributed by atoms with Crippen molar-refractivity contribution in [2.45, 2.75) is 39.2 Å². The van der Waals surface area contributed by atoms with Crippen LogP contribution >= 0.6 is 11.3 Å². The van der Waals surface area contributed by atoms with Crippen molar-refractivity contribution in [3.63, 3.8) is 0 Å². The lowest BCUT2D eigenvalue weighted by Gasteiger charge is -2.31. The van der Waals surface area contributed by atoms with Gasteiger partial charge >= 0.3 is 0 Å². The van der Waals surface area contributed by atoms with Gasteiger partial charge in [0.1, 0.15) is 0 Å². The molecule has 128 valence electrons. The van der Waals surface area contributed by atoms with Crippen LogP contribution < -0.4 is 5.32 Å². The van der Waals surface area contributed by atoms with Gasteiger partial charge in [-0.25, -0.2) is 0 Å². The molecule has 0 aliphatic carbocycles. The van der Waals surface area contributed by atoms with E-state index in [1.165, 1.54) is 16.7 Å². The number of carbonyl (C=O) groups excluding carboxylic acids is 2. The molecule has 0 atom stereocenters. The highest BCUT2D eigenvalue weighted by molar-refractivity contribution is 7.14. The summed E-state index contributed by atoms with van der Waals surface area (Å²) < 4.78 is 5.16. The first-order chi connectivity index (χ1) is 11.6. The minimum atomic E-state index is -0.0776. The first-order valence-electron chi connectivity index (χ1n) is 8.31. The van der Waals surface area contributed by atoms with Crippen molar-refractivity contribution >= 4 is 23.2 Å². The molecule has 1 saturated heterocycles. The summed E-state index contributed by atoms with van der Waals surface area (Å²) >= 11 is 1.57. The van der Waals surface area contributed by atoms with Crippen LogP contribution in [0.2, 0.25) is 0 Å². The molecule has 0 aromatic carbocycles. The Morgan fingerprint density at radius 3 is 2.71 bits per heavy atom. The van der Waals surface area contributed by atoms with Gasteiger partial charge in [0, 0.05) is 24.0 Å². The Kier molecular flexibility index (Phi) is 5.04. The van der Waals surface area contributed by atoms with Crippen molar-refractivity contribution < 1.29 is 14.0 Å². The van der Waals surface area contributed by atoms with Crippen molar-refractivity contribution in [2.24, 2.45) is 0 Å². The third-order valence-corrected chi connectivity index (χ3v) is 5.80. The van der Waals surface area contributed by atoms with Gasteiger partial charge in [-0.05, 0) is 49.9 Å². The molecule has 3 rings (SSSR count). The van der Waals surface area contributed by atoms with Crippen molar-refractivity contribution in [1.82, 2.24) is 10.2 Å². The first-order valence-corrected chi connectivity index (χ1v) is 9.13. The molecule has 1 N–H and O–H groups in total. The van der Waals surface area contributed by atoms with Crippen LogP contribution in [0.5, 0.6) is 0 Å². The molecule has 1 aliphatic heterocycles. The number of hydrogen-bond donors (Lipinski definition) is 1. The van der Waals surface area contributed by atoms with E-state index in [1.807, 2.05) is 13.0 Å². The highest BCUT2D eigenvalue weighted by Crippen LogP contribution is 2.23. The Bertz CT molecular complexity index is 713. The van der Waals surface area contributed by atoms with Gasteiger partial charge in [0.15, 0.2) is 5.76 Å². The minimum absolute atomic E-state index is 0.00129. The zero-order chi connectivity index (χ0) is 17.1. The molecule has 3 heterocycles. The number of hydrogen-bond acceptors (Lipinski definition) is 4. The third-order valence-electron chi connectivity index (χ3n) is 4.41. The van der Waals surface area contributed by atoms with Gasteiger partial charge in [-0.3, -0.25) is 9.59 Å². The SMILES string of the molecule is CCc1sc(C(=O)NC2CCN(C(=O)c3ccco3)CC2)cc1C. The number of amides is 2. The minimum Gasteiger partial charge on any atom is -0.459 e. The van der Waals surface area contributed by atoms with E-state index in [0.29, 0.717) is 18.8 Å². The molecule has 5 nitrogen and oxygen atoms in total. The van der Waals surface area contributed by atoms with Crippen molar-refractivity contribution in [3.05, 3.63) is 45.5 Å². The summed E-state index contributed by atoms with van der Waals surface area (Å²) in [6, 6.07) is 5.48. The first kappa shape index (κ1) is 16.8. The molecule has 2 amide bonds. The molecule has 0 saturated carbocycles. The predicted octanol–water partition coefficient (Wildman–Crippen LogP) is 3.25. The molecule has 24 heavy (non-hydrogen) atoms. The smallest absolute Gasteiger partial charge is 0.289 e. The second kappa shape index (κ2) is 7.21. The Labute approximate surface area is 145 Å². The maximum atomic E-state index is 12.4. The highest BCUT2D eigenvalue weighted by atomic mass is 32.1. The van der Waals surface area contributed by atoms with Crippen LogP contribution in [0, 0.1) is 6.92 Å². The normalized spacial score (nSPS) is 15.5. The molecule has 0 radical (unpaired) electrons. The van der Waals surface area contributed by atoms with E-state index in [0.717, 1.165) is 24.1 Å². The molecule has 0 spiro atoms. The standard InChI is InChI=1S/C18H22N2O3S/c1-3-15-12(2)11-16(24-15)17(21)19-13-6-8-20(9-7-13)18(22)14-5-4-10-23-14/h4-5,10-11,13H,3,6-9H2,1-2H3,(H,19,21). The molecule has 1 fully saturated rings. The summed E-state index contributed by atoms with van der Waals surface area (Å²) in [5.41, 5.74) is 1.19. The topological polar surface area (TPSA) is 62.6 Å².